The van der Waals surface area contributed by atoms with Crippen molar-refractivity contribution < 1.29 is 14.7 Å². The Kier molecular flexibility index (Phi) is 3.97. The fourth-order valence-electron chi connectivity index (χ4n) is 3.50. The Morgan fingerprint density at radius 3 is 2.67 bits per heavy atom. The molecule has 0 radical (unpaired) electrons. The molecule has 5 nitrogen and oxygen atoms in total. The van der Waals surface area contributed by atoms with Crippen LogP contribution in [0.5, 0.6) is 0 Å². The molecule has 2 heterocycles. The van der Waals surface area contributed by atoms with Gasteiger partial charge in [0.15, 0.2) is 0 Å². The smallest absolute Gasteiger partial charge is 0.308 e. The van der Waals surface area contributed by atoms with Crippen molar-refractivity contribution in [2.75, 3.05) is 13.1 Å². The van der Waals surface area contributed by atoms with Gasteiger partial charge in [0.05, 0.1) is 17.1 Å². The average Bonchev–Trinajstić information content (AvgIpc) is 3.17. The highest BCUT2D eigenvalue weighted by molar-refractivity contribution is 7.11. The highest BCUT2D eigenvalue weighted by Gasteiger charge is 2.38. The summed E-state index contributed by atoms with van der Waals surface area (Å²) in [5, 5.41) is 9.19. The normalized spacial score (nSPS) is 26.4. The van der Waals surface area contributed by atoms with E-state index in [2.05, 4.69) is 4.98 Å². The summed E-state index contributed by atoms with van der Waals surface area (Å²) in [6.45, 7) is 2.74. The number of amides is 1. The van der Waals surface area contributed by atoms with Crippen LogP contribution in [-0.2, 0) is 4.79 Å². The number of carbonyl (C=O) groups is 2. The molecule has 1 aromatic rings. The van der Waals surface area contributed by atoms with E-state index in [1.165, 1.54) is 24.2 Å². The van der Waals surface area contributed by atoms with Gasteiger partial charge in [0.2, 0.25) is 0 Å². The van der Waals surface area contributed by atoms with E-state index in [1.807, 2.05) is 6.92 Å². The molecule has 0 aromatic carbocycles. The van der Waals surface area contributed by atoms with Gasteiger partial charge in [0, 0.05) is 19.0 Å². The van der Waals surface area contributed by atoms with Crippen molar-refractivity contribution >= 4 is 23.2 Å². The van der Waals surface area contributed by atoms with Gasteiger partial charge in [-0.3, -0.25) is 9.59 Å². The average molecular weight is 308 g/mol. The number of carbonyl (C=O) groups excluding carboxylic acids is 1. The highest BCUT2D eigenvalue weighted by Crippen LogP contribution is 2.37. The Bertz CT molecular complexity index is 551. The van der Waals surface area contributed by atoms with Crippen LogP contribution < -0.4 is 0 Å². The molecule has 114 valence electrons. The third-order valence-corrected chi connectivity index (χ3v) is 5.58. The molecule has 2 fully saturated rings. The molecule has 1 saturated heterocycles. The Labute approximate surface area is 128 Å². The van der Waals surface area contributed by atoms with Crippen molar-refractivity contribution in [3.05, 3.63) is 16.1 Å². The first-order valence-electron chi connectivity index (χ1n) is 7.53. The molecule has 1 aliphatic heterocycles. The number of hydrogen-bond donors (Lipinski definition) is 1. The lowest BCUT2D eigenvalue weighted by Crippen LogP contribution is -2.30. The molecule has 1 saturated carbocycles. The number of nitrogens with zero attached hydrogens (tertiary/aromatic N) is 2. The zero-order valence-electron chi connectivity index (χ0n) is 12.1. The van der Waals surface area contributed by atoms with Crippen molar-refractivity contribution in [3.8, 4) is 0 Å². The minimum absolute atomic E-state index is 0.00861. The number of thiazole rings is 1. The molecular formula is C15H20N2O3S. The zero-order valence-corrected chi connectivity index (χ0v) is 12.9. The number of carboxylic acid groups (broad SMARTS) is 1. The van der Waals surface area contributed by atoms with E-state index in [9.17, 15) is 14.7 Å². The number of carboxylic acids is 1. The molecule has 1 aliphatic carbocycles. The second-order valence-corrected chi connectivity index (χ2v) is 7.04. The molecular weight excluding hydrogens is 288 g/mol. The minimum atomic E-state index is -0.807. The molecule has 1 amide bonds. The van der Waals surface area contributed by atoms with Crippen LogP contribution >= 0.6 is 11.3 Å². The number of rotatable bonds is 3. The van der Waals surface area contributed by atoms with Gasteiger partial charge in [0.25, 0.3) is 5.91 Å². The molecule has 0 spiro atoms. The minimum Gasteiger partial charge on any atom is -0.481 e. The third-order valence-electron chi connectivity index (χ3n) is 4.75. The van der Waals surface area contributed by atoms with Gasteiger partial charge < -0.3 is 10.0 Å². The number of likely N-dealkylation sites (tertiary alicyclic amines) is 1. The maximum atomic E-state index is 12.7. The predicted octanol–water partition coefficient (Wildman–Crippen LogP) is 2.59. The van der Waals surface area contributed by atoms with Crippen LogP contribution in [0.25, 0.3) is 0 Å². The molecule has 3 rings (SSSR count). The molecule has 0 bridgehead atoms. The van der Waals surface area contributed by atoms with Gasteiger partial charge in [0.1, 0.15) is 4.88 Å². The number of hydrogen-bond acceptors (Lipinski definition) is 4. The van der Waals surface area contributed by atoms with E-state index in [-0.39, 0.29) is 11.8 Å². The van der Waals surface area contributed by atoms with Gasteiger partial charge in [-0.15, -0.1) is 11.3 Å². The van der Waals surface area contributed by atoms with Gasteiger partial charge in [-0.1, -0.05) is 19.8 Å². The van der Waals surface area contributed by atoms with E-state index in [1.54, 1.807) is 10.4 Å². The van der Waals surface area contributed by atoms with Crippen LogP contribution in [0.2, 0.25) is 0 Å². The van der Waals surface area contributed by atoms with Gasteiger partial charge in [-0.05, 0) is 18.8 Å². The van der Waals surface area contributed by atoms with Crippen LogP contribution in [0.15, 0.2) is 5.51 Å². The second kappa shape index (κ2) is 5.75. The summed E-state index contributed by atoms with van der Waals surface area (Å²) in [5.74, 6) is -0.871. The summed E-state index contributed by atoms with van der Waals surface area (Å²) in [7, 11) is 0. The number of aliphatic carboxylic acids is 1. The summed E-state index contributed by atoms with van der Waals surface area (Å²) in [4.78, 5) is 30.7. The standard InChI is InChI=1S/C15H20N2O3S/c1-9-6-17(7-11(9)15(19)20)14(18)13-12(16-8-21-13)10-4-2-3-5-10/h8-11H,2-7H2,1H3,(H,19,20)/t9-,11-/m1/s1. The molecule has 1 N–H and O–H groups in total. The van der Waals surface area contributed by atoms with Crippen molar-refractivity contribution in [3.63, 3.8) is 0 Å². The van der Waals surface area contributed by atoms with Crippen molar-refractivity contribution in [1.82, 2.24) is 9.88 Å². The lowest BCUT2D eigenvalue weighted by Gasteiger charge is -2.17. The zero-order chi connectivity index (χ0) is 15.0. The molecule has 2 aliphatic rings. The van der Waals surface area contributed by atoms with E-state index in [0.29, 0.717) is 19.0 Å². The summed E-state index contributed by atoms with van der Waals surface area (Å²) >= 11 is 1.39. The quantitative estimate of drug-likeness (QED) is 0.931. The summed E-state index contributed by atoms with van der Waals surface area (Å²) in [6.07, 6.45) is 4.63. The van der Waals surface area contributed by atoms with Gasteiger partial charge in [-0.2, -0.15) is 0 Å². The topological polar surface area (TPSA) is 70.5 Å². The van der Waals surface area contributed by atoms with Crippen molar-refractivity contribution in [2.24, 2.45) is 11.8 Å². The van der Waals surface area contributed by atoms with Crippen molar-refractivity contribution in [2.45, 2.75) is 38.5 Å². The SMILES string of the molecule is C[C@@H]1CN(C(=O)c2scnc2C2CCCC2)C[C@H]1C(=O)O. The van der Waals surface area contributed by atoms with Crippen LogP contribution in [0.1, 0.15) is 53.9 Å². The maximum Gasteiger partial charge on any atom is 0.308 e. The van der Waals surface area contributed by atoms with E-state index >= 15 is 0 Å². The van der Waals surface area contributed by atoms with Gasteiger partial charge in [-0.25, -0.2) is 4.98 Å². The molecule has 21 heavy (non-hydrogen) atoms. The summed E-state index contributed by atoms with van der Waals surface area (Å²) < 4.78 is 0. The Morgan fingerprint density at radius 1 is 1.33 bits per heavy atom. The van der Waals surface area contributed by atoms with Gasteiger partial charge >= 0.3 is 5.97 Å². The maximum absolute atomic E-state index is 12.7. The lowest BCUT2D eigenvalue weighted by molar-refractivity contribution is -0.142. The van der Waals surface area contributed by atoms with Crippen molar-refractivity contribution in [1.29, 1.82) is 0 Å². The molecule has 0 unspecified atom stereocenters. The highest BCUT2D eigenvalue weighted by atomic mass is 32.1. The largest absolute Gasteiger partial charge is 0.481 e. The fourth-order valence-corrected chi connectivity index (χ4v) is 4.34. The summed E-state index contributed by atoms with van der Waals surface area (Å²) in [6, 6.07) is 0. The monoisotopic (exact) mass is 308 g/mol. The Hall–Kier alpha value is -1.43. The van der Waals surface area contributed by atoms with Crippen LogP contribution in [0, 0.1) is 11.8 Å². The predicted molar refractivity (Wildman–Crippen MR) is 79.5 cm³/mol. The third kappa shape index (κ3) is 2.69. The second-order valence-electron chi connectivity index (χ2n) is 6.18. The first-order chi connectivity index (χ1) is 10.1. The summed E-state index contributed by atoms with van der Waals surface area (Å²) in [5.41, 5.74) is 2.68. The van der Waals surface area contributed by atoms with E-state index in [4.69, 9.17) is 0 Å². The first-order valence-corrected chi connectivity index (χ1v) is 8.41. The number of aromatic nitrogens is 1. The molecule has 2 atom stereocenters. The lowest BCUT2D eigenvalue weighted by atomic mass is 9.99. The molecule has 6 heteroatoms. The Morgan fingerprint density at radius 2 is 2.05 bits per heavy atom. The van der Waals surface area contributed by atoms with Crippen LogP contribution in [-0.4, -0.2) is 40.0 Å². The van der Waals surface area contributed by atoms with Crippen LogP contribution in [0.3, 0.4) is 0 Å². The van der Waals surface area contributed by atoms with Crippen LogP contribution in [0.4, 0.5) is 0 Å². The Balaban J connectivity index is 1.77. The van der Waals surface area contributed by atoms with E-state index in [0.717, 1.165) is 23.4 Å². The first kappa shape index (κ1) is 14.5. The van der Waals surface area contributed by atoms with E-state index < -0.39 is 11.9 Å². The fraction of sp³-hybridized carbons (Fsp3) is 0.667. The molecule has 1 aromatic heterocycles.